The molecule has 1 aliphatic rings. The van der Waals surface area contributed by atoms with Crippen LogP contribution in [0.4, 0.5) is 0 Å². The molecular formula is C27H23NO3. The van der Waals surface area contributed by atoms with E-state index in [9.17, 15) is 9.59 Å². The highest BCUT2D eigenvalue weighted by Crippen LogP contribution is 2.40. The molecule has 0 saturated heterocycles. The standard InChI is InChI=1S/C27H23NO3/c1-3-16(4-2)28-26(29)19-11-10-18-23-17-8-6-5-7-15(17)9-13-21(23)31-22-14-12-20(27(28)30)24(19)25(18)22/h6,8-14,16H,3-5,7H2,1-2H3. The summed E-state index contributed by atoms with van der Waals surface area (Å²) in [6, 6.07) is 11.7. The summed E-state index contributed by atoms with van der Waals surface area (Å²) in [5.41, 5.74) is 3.63. The number of hydrogen-bond acceptors (Lipinski definition) is 3. The molecule has 154 valence electrons. The highest BCUT2D eigenvalue weighted by Gasteiger charge is 2.22. The van der Waals surface area contributed by atoms with Gasteiger partial charge in [-0.3, -0.25) is 14.2 Å². The Morgan fingerprint density at radius 1 is 0.839 bits per heavy atom. The van der Waals surface area contributed by atoms with Gasteiger partial charge in [0.25, 0.3) is 11.1 Å². The van der Waals surface area contributed by atoms with Gasteiger partial charge in [0.1, 0.15) is 11.2 Å². The van der Waals surface area contributed by atoms with Crippen LogP contribution < -0.4 is 11.1 Å². The number of benzene rings is 3. The first-order valence-electron chi connectivity index (χ1n) is 11.1. The molecule has 31 heavy (non-hydrogen) atoms. The zero-order chi connectivity index (χ0) is 21.3. The van der Waals surface area contributed by atoms with Crippen molar-refractivity contribution in [2.45, 2.75) is 45.6 Å². The third-order valence-electron chi connectivity index (χ3n) is 6.98. The molecule has 5 aromatic rings. The number of pyridine rings is 1. The van der Waals surface area contributed by atoms with Crippen molar-refractivity contribution in [3.63, 3.8) is 0 Å². The summed E-state index contributed by atoms with van der Waals surface area (Å²) in [4.78, 5) is 26.9. The van der Waals surface area contributed by atoms with E-state index in [4.69, 9.17) is 4.42 Å². The zero-order valence-corrected chi connectivity index (χ0v) is 17.7. The van der Waals surface area contributed by atoms with Crippen LogP contribution in [0, 0.1) is 0 Å². The van der Waals surface area contributed by atoms with Crippen molar-refractivity contribution < 1.29 is 4.42 Å². The summed E-state index contributed by atoms with van der Waals surface area (Å²) >= 11 is 0. The molecule has 0 atom stereocenters. The fourth-order valence-corrected chi connectivity index (χ4v) is 5.42. The summed E-state index contributed by atoms with van der Waals surface area (Å²) in [5, 5.41) is 4.89. The highest BCUT2D eigenvalue weighted by atomic mass is 16.3. The van der Waals surface area contributed by atoms with Gasteiger partial charge in [0.15, 0.2) is 0 Å². The Kier molecular flexibility index (Phi) is 3.88. The lowest BCUT2D eigenvalue weighted by Crippen LogP contribution is -2.36. The predicted octanol–water partition coefficient (Wildman–Crippen LogP) is 6.17. The first-order chi connectivity index (χ1) is 15.1. The maximum atomic E-state index is 13.4. The maximum Gasteiger partial charge on any atom is 0.261 e. The van der Waals surface area contributed by atoms with E-state index in [0.29, 0.717) is 16.4 Å². The van der Waals surface area contributed by atoms with Gasteiger partial charge in [0.05, 0.1) is 0 Å². The summed E-state index contributed by atoms with van der Waals surface area (Å²) in [6.07, 6.45) is 7.91. The second-order valence-electron chi connectivity index (χ2n) is 8.53. The Balaban J connectivity index is 1.86. The van der Waals surface area contributed by atoms with E-state index < -0.39 is 0 Å². The lowest BCUT2D eigenvalue weighted by Gasteiger charge is -2.19. The van der Waals surface area contributed by atoms with E-state index in [1.165, 1.54) is 15.7 Å². The number of nitrogens with zero attached hydrogens (tertiary/aromatic N) is 1. The van der Waals surface area contributed by atoms with Gasteiger partial charge in [0.2, 0.25) is 0 Å². The number of hydrogen-bond donors (Lipinski definition) is 0. The third kappa shape index (κ3) is 2.36. The van der Waals surface area contributed by atoms with Gasteiger partial charge in [-0.25, -0.2) is 0 Å². The molecule has 6 rings (SSSR count). The third-order valence-corrected chi connectivity index (χ3v) is 6.98. The van der Waals surface area contributed by atoms with E-state index in [1.807, 2.05) is 44.2 Å². The van der Waals surface area contributed by atoms with Crippen LogP contribution >= 0.6 is 0 Å². The molecule has 2 heterocycles. The van der Waals surface area contributed by atoms with Crippen molar-refractivity contribution >= 4 is 49.6 Å². The molecule has 0 spiro atoms. The Morgan fingerprint density at radius 3 is 2.23 bits per heavy atom. The largest absolute Gasteiger partial charge is 0.456 e. The van der Waals surface area contributed by atoms with Gasteiger partial charge in [-0.05, 0) is 66.5 Å². The Labute approximate surface area is 178 Å². The number of aromatic nitrogens is 1. The second kappa shape index (κ2) is 6.55. The quantitative estimate of drug-likeness (QED) is 0.264. The first kappa shape index (κ1) is 18.4. The minimum absolute atomic E-state index is 0.0930. The van der Waals surface area contributed by atoms with Gasteiger partial charge < -0.3 is 4.42 Å². The van der Waals surface area contributed by atoms with Crippen molar-refractivity contribution in [1.82, 2.24) is 4.57 Å². The van der Waals surface area contributed by atoms with Crippen molar-refractivity contribution in [3.8, 4) is 0 Å². The van der Waals surface area contributed by atoms with Crippen LogP contribution in [0.5, 0.6) is 0 Å². The Morgan fingerprint density at radius 2 is 1.48 bits per heavy atom. The van der Waals surface area contributed by atoms with Crippen LogP contribution in [0.2, 0.25) is 0 Å². The predicted molar refractivity (Wildman–Crippen MR) is 127 cm³/mol. The number of aryl methyl sites for hydroxylation is 1. The molecule has 0 saturated carbocycles. The molecular weight excluding hydrogens is 386 g/mol. The number of allylic oxidation sites excluding steroid dienone is 1. The van der Waals surface area contributed by atoms with Crippen LogP contribution in [0.3, 0.4) is 0 Å². The molecule has 0 unspecified atom stereocenters. The Bertz CT molecular complexity index is 1610. The van der Waals surface area contributed by atoms with Gasteiger partial charge in [-0.2, -0.15) is 0 Å². The normalized spacial score (nSPS) is 13.9. The topological polar surface area (TPSA) is 52.2 Å². The fraction of sp³-hybridized carbons (Fsp3) is 0.259. The van der Waals surface area contributed by atoms with Crippen LogP contribution in [0.1, 0.15) is 50.3 Å². The van der Waals surface area contributed by atoms with Crippen molar-refractivity contribution in [3.05, 3.63) is 74.3 Å². The number of fused-ring (bicyclic) bond motifs is 4. The molecule has 0 bridgehead atoms. The average Bonchev–Trinajstić information content (AvgIpc) is 2.81. The maximum absolute atomic E-state index is 13.4. The molecule has 4 heteroatoms. The molecule has 0 amide bonds. The molecule has 0 fully saturated rings. The van der Waals surface area contributed by atoms with Gasteiger partial charge in [-0.1, -0.05) is 38.1 Å². The fourth-order valence-electron chi connectivity index (χ4n) is 5.42. The van der Waals surface area contributed by atoms with Gasteiger partial charge in [-0.15, -0.1) is 0 Å². The summed E-state index contributed by atoms with van der Waals surface area (Å²) < 4.78 is 7.77. The Hall–Kier alpha value is -3.40. The molecule has 4 nitrogen and oxygen atoms in total. The van der Waals surface area contributed by atoms with Crippen LogP contribution in [0.25, 0.3) is 49.6 Å². The minimum Gasteiger partial charge on any atom is -0.456 e. The van der Waals surface area contributed by atoms with Crippen LogP contribution in [-0.4, -0.2) is 4.57 Å². The lowest BCUT2D eigenvalue weighted by molar-refractivity contribution is 0.451. The van der Waals surface area contributed by atoms with Crippen LogP contribution in [-0.2, 0) is 6.42 Å². The van der Waals surface area contributed by atoms with Gasteiger partial charge in [0, 0.05) is 33.0 Å². The molecule has 3 aromatic carbocycles. The number of rotatable bonds is 3. The minimum atomic E-state index is -0.198. The van der Waals surface area contributed by atoms with E-state index in [2.05, 4.69) is 18.2 Å². The van der Waals surface area contributed by atoms with Crippen molar-refractivity contribution in [2.24, 2.45) is 0 Å². The molecule has 0 radical (unpaired) electrons. The monoisotopic (exact) mass is 409 g/mol. The average molecular weight is 409 g/mol. The SMILES string of the molecule is CCC(CC)n1c(=O)c2ccc3oc4ccc5c(c4c4ccc(c1=O)c2c34)C=CCC5. The summed E-state index contributed by atoms with van der Waals surface area (Å²) in [5.74, 6) is 0. The van der Waals surface area contributed by atoms with E-state index >= 15 is 0 Å². The van der Waals surface area contributed by atoms with E-state index in [1.54, 1.807) is 0 Å². The molecule has 0 aliphatic heterocycles. The smallest absolute Gasteiger partial charge is 0.261 e. The van der Waals surface area contributed by atoms with E-state index in [-0.39, 0.29) is 17.2 Å². The van der Waals surface area contributed by atoms with Gasteiger partial charge >= 0.3 is 0 Å². The van der Waals surface area contributed by atoms with E-state index in [0.717, 1.165) is 52.8 Å². The first-order valence-corrected chi connectivity index (χ1v) is 11.1. The van der Waals surface area contributed by atoms with Crippen molar-refractivity contribution in [1.29, 1.82) is 0 Å². The zero-order valence-electron chi connectivity index (χ0n) is 17.7. The molecule has 1 aliphatic carbocycles. The summed E-state index contributed by atoms with van der Waals surface area (Å²) in [6.45, 7) is 4.04. The lowest BCUT2D eigenvalue weighted by atomic mass is 9.90. The van der Waals surface area contributed by atoms with Crippen LogP contribution in [0.15, 0.2) is 56.5 Å². The molecule has 0 N–H and O–H groups in total. The summed E-state index contributed by atoms with van der Waals surface area (Å²) in [7, 11) is 0. The van der Waals surface area contributed by atoms with Crippen molar-refractivity contribution in [2.75, 3.05) is 0 Å². The molecule has 2 aromatic heterocycles. The highest BCUT2D eigenvalue weighted by molar-refractivity contribution is 6.27. The second-order valence-corrected chi connectivity index (χ2v) is 8.53.